The van der Waals surface area contributed by atoms with Crippen molar-refractivity contribution in [2.45, 2.75) is 19.3 Å². The predicted octanol–water partition coefficient (Wildman–Crippen LogP) is 6.34. The summed E-state index contributed by atoms with van der Waals surface area (Å²) in [6.07, 6.45) is 3.66. The van der Waals surface area contributed by atoms with Gasteiger partial charge in [-0.1, -0.05) is 42.5 Å². The Balaban J connectivity index is 1.49. The third-order valence-corrected chi connectivity index (χ3v) is 8.04. The molecule has 1 aliphatic heterocycles. The lowest BCUT2D eigenvalue weighted by atomic mass is 9.79. The number of carbonyl (C=O) groups is 2. The van der Waals surface area contributed by atoms with Gasteiger partial charge in [0.2, 0.25) is 0 Å². The van der Waals surface area contributed by atoms with E-state index in [4.69, 9.17) is 4.98 Å². The number of ketones is 2. The number of hydrogen-bond donors (Lipinski definition) is 0. The Morgan fingerprint density at radius 1 is 0.909 bits per heavy atom. The van der Waals surface area contributed by atoms with Crippen LogP contribution in [0.5, 0.6) is 0 Å². The van der Waals surface area contributed by atoms with Crippen LogP contribution in [0, 0.1) is 0 Å². The number of carbonyl (C=O) groups excluding carboxylic acids is 2. The van der Waals surface area contributed by atoms with E-state index in [1.165, 1.54) is 10.8 Å². The Hall–Kier alpha value is -3.83. The number of nitrogens with zero attached hydrogens (tertiary/aromatic N) is 2. The fourth-order valence-electron chi connectivity index (χ4n) is 5.34. The molecule has 2 aliphatic rings. The van der Waals surface area contributed by atoms with E-state index in [-0.39, 0.29) is 22.6 Å². The minimum Gasteiger partial charge on any atom is -0.298 e. The predicted molar refractivity (Wildman–Crippen MR) is 132 cm³/mol. The van der Waals surface area contributed by atoms with Crippen molar-refractivity contribution in [3.05, 3.63) is 99.7 Å². The van der Waals surface area contributed by atoms with Gasteiger partial charge in [0, 0.05) is 38.4 Å². The third-order valence-electron chi connectivity index (χ3n) is 6.98. The number of para-hydroxylation sites is 1. The molecule has 2 aromatic carbocycles. The number of aromatic nitrogens is 2. The van der Waals surface area contributed by atoms with Crippen LogP contribution in [0.2, 0.25) is 0 Å². The van der Waals surface area contributed by atoms with E-state index >= 15 is 0 Å². The second-order valence-corrected chi connectivity index (χ2v) is 10.2. The van der Waals surface area contributed by atoms with Crippen LogP contribution in [0.4, 0.5) is 0 Å². The van der Waals surface area contributed by atoms with Gasteiger partial charge in [0.25, 0.3) is 0 Å². The lowest BCUT2D eigenvalue weighted by Crippen LogP contribution is -2.26. The minimum absolute atomic E-state index is 0.194. The molecule has 0 saturated heterocycles. The summed E-state index contributed by atoms with van der Waals surface area (Å²) in [5, 5.41) is 3.51. The molecular weight excluding hydrogens is 428 g/mol. The molecule has 4 heterocycles. The number of pyridine rings is 1. The van der Waals surface area contributed by atoms with E-state index in [1.807, 2.05) is 6.20 Å². The average molecular weight is 447 g/mol. The molecule has 4 nitrogen and oxygen atoms in total. The van der Waals surface area contributed by atoms with Gasteiger partial charge in [-0.3, -0.25) is 19.1 Å². The number of rotatable bonds is 1. The Bertz CT molecular complexity index is 1690. The van der Waals surface area contributed by atoms with Crippen LogP contribution >= 0.6 is 11.3 Å². The first kappa shape index (κ1) is 18.7. The summed E-state index contributed by atoms with van der Waals surface area (Å²) in [6, 6.07) is 19.7. The highest BCUT2D eigenvalue weighted by atomic mass is 32.1. The molecule has 5 heteroatoms. The molecule has 0 spiro atoms. The zero-order valence-corrected chi connectivity index (χ0v) is 18.9. The third kappa shape index (κ3) is 2.27. The van der Waals surface area contributed by atoms with Crippen LogP contribution in [0.15, 0.2) is 72.4 Å². The Labute approximate surface area is 193 Å². The van der Waals surface area contributed by atoms with Crippen LogP contribution in [0.1, 0.15) is 50.7 Å². The standard InChI is InChI=1S/C28H18N2O2S/c1-28(2)21-14-15(13-20-24(31)18-8-3-4-9-19(18)25(20)32)33-27(21)30-22-10-6-5-7-16(22)17-11-12-29-26(28)23(17)30/h3-14H,1-2H3. The maximum Gasteiger partial charge on any atom is 0.197 e. The number of hydrogen-bond acceptors (Lipinski definition) is 4. The van der Waals surface area contributed by atoms with Gasteiger partial charge in [0.05, 0.1) is 22.3 Å². The highest BCUT2D eigenvalue weighted by molar-refractivity contribution is 7.15. The largest absolute Gasteiger partial charge is 0.298 e. The SMILES string of the molecule is CC1(C)c2cc(C=C3C(=O)c4ccccc4C3=O)sc2-n2c3ccccc3c3ccnc1c32. The summed E-state index contributed by atoms with van der Waals surface area (Å²) < 4.78 is 2.30. The van der Waals surface area contributed by atoms with Crippen LogP contribution in [-0.2, 0) is 5.41 Å². The number of thiophene rings is 1. The summed E-state index contributed by atoms with van der Waals surface area (Å²) >= 11 is 1.62. The molecule has 33 heavy (non-hydrogen) atoms. The highest BCUT2D eigenvalue weighted by Gasteiger charge is 2.38. The zero-order valence-electron chi connectivity index (χ0n) is 18.0. The summed E-state index contributed by atoms with van der Waals surface area (Å²) in [7, 11) is 0. The van der Waals surface area contributed by atoms with Gasteiger partial charge in [0.15, 0.2) is 11.6 Å². The van der Waals surface area contributed by atoms with Crippen LogP contribution in [-0.4, -0.2) is 21.1 Å². The van der Waals surface area contributed by atoms with Gasteiger partial charge < -0.3 is 0 Å². The second kappa shape index (κ2) is 6.15. The molecule has 0 fully saturated rings. The van der Waals surface area contributed by atoms with E-state index in [1.54, 1.807) is 41.7 Å². The molecule has 0 amide bonds. The molecule has 3 aromatic heterocycles. The quantitative estimate of drug-likeness (QED) is 0.223. The van der Waals surface area contributed by atoms with Crippen LogP contribution in [0.3, 0.4) is 0 Å². The van der Waals surface area contributed by atoms with Gasteiger partial charge in [-0.05, 0) is 43.7 Å². The molecule has 1 aliphatic carbocycles. The maximum absolute atomic E-state index is 12.9. The molecule has 0 atom stereocenters. The molecule has 5 aromatic rings. The molecule has 0 saturated carbocycles. The zero-order chi connectivity index (χ0) is 22.5. The second-order valence-electron chi connectivity index (χ2n) is 9.16. The summed E-state index contributed by atoms with van der Waals surface area (Å²) in [6.45, 7) is 4.39. The maximum atomic E-state index is 12.9. The summed E-state index contributed by atoms with van der Waals surface area (Å²) in [5.74, 6) is -0.389. The normalized spacial score (nSPS) is 15.9. The van der Waals surface area contributed by atoms with E-state index < -0.39 is 0 Å². The average Bonchev–Trinajstić information content (AvgIpc) is 3.47. The monoisotopic (exact) mass is 446 g/mol. The van der Waals surface area contributed by atoms with Gasteiger partial charge in [-0.25, -0.2) is 0 Å². The molecule has 0 N–H and O–H groups in total. The Kier molecular flexibility index (Phi) is 3.49. The van der Waals surface area contributed by atoms with E-state index in [0.717, 1.165) is 32.2 Å². The van der Waals surface area contributed by atoms with Gasteiger partial charge in [-0.15, -0.1) is 11.3 Å². The van der Waals surface area contributed by atoms with Gasteiger partial charge in [-0.2, -0.15) is 0 Å². The Morgan fingerprint density at radius 2 is 1.61 bits per heavy atom. The van der Waals surface area contributed by atoms with E-state index in [2.05, 4.69) is 54.8 Å². The Morgan fingerprint density at radius 3 is 2.36 bits per heavy atom. The fraction of sp³-hybridized carbons (Fsp3) is 0.107. The van der Waals surface area contributed by atoms with Crippen molar-refractivity contribution in [2.24, 2.45) is 0 Å². The van der Waals surface area contributed by atoms with Crippen molar-refractivity contribution in [3.63, 3.8) is 0 Å². The summed E-state index contributed by atoms with van der Waals surface area (Å²) in [4.78, 5) is 31.6. The topological polar surface area (TPSA) is 52.0 Å². The molecule has 0 bridgehead atoms. The smallest absolute Gasteiger partial charge is 0.197 e. The number of allylic oxidation sites excluding steroid dienone is 1. The number of benzene rings is 2. The lowest BCUT2D eigenvalue weighted by Gasteiger charge is -2.30. The van der Waals surface area contributed by atoms with Gasteiger partial charge >= 0.3 is 0 Å². The molecule has 0 radical (unpaired) electrons. The molecule has 158 valence electrons. The van der Waals surface area contributed by atoms with E-state index in [9.17, 15) is 9.59 Å². The minimum atomic E-state index is -0.306. The molecule has 7 rings (SSSR count). The van der Waals surface area contributed by atoms with Crippen molar-refractivity contribution in [2.75, 3.05) is 0 Å². The van der Waals surface area contributed by atoms with Crippen molar-refractivity contribution in [3.8, 4) is 5.00 Å². The first-order valence-corrected chi connectivity index (χ1v) is 11.7. The van der Waals surface area contributed by atoms with Crippen LogP contribution < -0.4 is 0 Å². The van der Waals surface area contributed by atoms with Crippen LogP contribution in [0.25, 0.3) is 32.9 Å². The number of Topliss-reactive ketones (excluding diaryl/α,β-unsaturated/α-hetero) is 2. The van der Waals surface area contributed by atoms with Crippen molar-refractivity contribution >= 4 is 50.8 Å². The van der Waals surface area contributed by atoms with E-state index in [0.29, 0.717) is 11.1 Å². The van der Waals surface area contributed by atoms with Gasteiger partial charge in [0.1, 0.15) is 5.00 Å². The molecular formula is C28H18N2O2S. The highest BCUT2D eigenvalue weighted by Crippen LogP contribution is 2.49. The first-order valence-electron chi connectivity index (χ1n) is 10.9. The molecule has 0 unspecified atom stereocenters. The first-order chi connectivity index (χ1) is 16.0. The van der Waals surface area contributed by atoms with Crippen molar-refractivity contribution in [1.29, 1.82) is 0 Å². The lowest BCUT2D eigenvalue weighted by molar-refractivity contribution is 0.0990. The van der Waals surface area contributed by atoms with Crippen molar-refractivity contribution < 1.29 is 9.59 Å². The fourth-order valence-corrected chi connectivity index (χ4v) is 6.62. The number of fused-ring (bicyclic) bond motifs is 6. The summed E-state index contributed by atoms with van der Waals surface area (Å²) in [5.41, 5.74) is 5.39. The van der Waals surface area contributed by atoms with Crippen molar-refractivity contribution in [1.82, 2.24) is 9.55 Å².